The summed E-state index contributed by atoms with van der Waals surface area (Å²) in [5, 5.41) is 7.26. The van der Waals surface area contributed by atoms with E-state index in [0.29, 0.717) is 25.8 Å². The molecule has 1 aromatic heterocycles. The van der Waals surface area contributed by atoms with Gasteiger partial charge in [-0.05, 0) is 31.0 Å². The van der Waals surface area contributed by atoms with Crippen LogP contribution in [0.2, 0.25) is 5.02 Å². The summed E-state index contributed by atoms with van der Waals surface area (Å²) >= 11 is 5.95. The third-order valence-electron chi connectivity index (χ3n) is 4.01. The third-order valence-corrected chi connectivity index (χ3v) is 4.34. The number of aryl methyl sites for hydroxylation is 2. The minimum Gasteiger partial charge on any atom is -0.349 e. The van der Waals surface area contributed by atoms with Crippen LogP contribution in [0.1, 0.15) is 29.0 Å². The van der Waals surface area contributed by atoms with Gasteiger partial charge in [0.2, 0.25) is 0 Å². The predicted octanol–water partition coefficient (Wildman–Crippen LogP) is 1.51. The smallest absolute Gasteiger partial charge is 0.345 e. The van der Waals surface area contributed by atoms with E-state index in [1.807, 2.05) is 0 Å². The summed E-state index contributed by atoms with van der Waals surface area (Å²) in [6.45, 7) is 0.490. The minimum absolute atomic E-state index is 0.115. The zero-order valence-corrected chi connectivity index (χ0v) is 13.3. The lowest BCUT2D eigenvalue weighted by molar-refractivity contribution is 0.0932. The number of benzene rings is 1. The molecular weight excluding hydrogens is 323 g/mol. The Balaban J connectivity index is 1.71. The number of hydrogen-bond donors (Lipinski definition) is 1. The molecule has 1 aromatic carbocycles. The van der Waals surface area contributed by atoms with Crippen molar-refractivity contribution >= 4 is 17.5 Å². The molecule has 0 saturated carbocycles. The Morgan fingerprint density at radius 1 is 1.43 bits per heavy atom. The van der Waals surface area contributed by atoms with E-state index in [0.717, 1.165) is 11.9 Å². The van der Waals surface area contributed by atoms with Crippen LogP contribution < -0.4 is 11.0 Å². The average molecular weight is 339 g/mol. The van der Waals surface area contributed by atoms with Crippen molar-refractivity contribution in [3.8, 4) is 0 Å². The Bertz CT molecular complexity index is 814. The van der Waals surface area contributed by atoms with Crippen molar-refractivity contribution in [2.45, 2.75) is 31.8 Å². The highest BCUT2D eigenvalue weighted by atomic mass is 35.5. The van der Waals surface area contributed by atoms with Gasteiger partial charge in [0.25, 0.3) is 5.91 Å². The van der Waals surface area contributed by atoms with Crippen molar-refractivity contribution < 1.29 is 9.18 Å². The summed E-state index contributed by atoms with van der Waals surface area (Å²) in [5.41, 5.74) is -0.0373. The maximum absolute atomic E-state index is 13.3. The normalized spacial score (nSPS) is 17.4. The predicted molar refractivity (Wildman–Crippen MR) is 83.1 cm³/mol. The summed E-state index contributed by atoms with van der Waals surface area (Å²) < 4.78 is 16.2. The van der Waals surface area contributed by atoms with Gasteiger partial charge in [-0.3, -0.25) is 9.36 Å². The zero-order valence-electron chi connectivity index (χ0n) is 12.6. The van der Waals surface area contributed by atoms with E-state index < -0.39 is 11.7 Å². The number of carbonyl (C=O) groups excluding carboxylic acids is 1. The van der Waals surface area contributed by atoms with Crippen LogP contribution in [-0.2, 0) is 20.0 Å². The van der Waals surface area contributed by atoms with Crippen LogP contribution in [-0.4, -0.2) is 26.3 Å². The first kappa shape index (κ1) is 15.7. The molecule has 0 bridgehead atoms. The quantitative estimate of drug-likeness (QED) is 0.902. The lowest BCUT2D eigenvalue weighted by Crippen LogP contribution is -2.36. The fraction of sp³-hybridized carbons (Fsp3) is 0.400. The van der Waals surface area contributed by atoms with Crippen molar-refractivity contribution in [3.05, 3.63) is 50.9 Å². The van der Waals surface area contributed by atoms with Crippen molar-refractivity contribution in [2.75, 3.05) is 0 Å². The fourth-order valence-corrected chi connectivity index (χ4v) is 2.98. The number of rotatable bonds is 2. The highest BCUT2D eigenvalue weighted by molar-refractivity contribution is 6.33. The molecule has 2 aromatic rings. The van der Waals surface area contributed by atoms with Crippen molar-refractivity contribution in [1.82, 2.24) is 19.7 Å². The monoisotopic (exact) mass is 338 g/mol. The highest BCUT2D eigenvalue weighted by Crippen LogP contribution is 2.18. The molecule has 2 heterocycles. The molecular formula is C15H16ClFN4O2. The summed E-state index contributed by atoms with van der Waals surface area (Å²) in [7, 11) is 1.62. The molecule has 1 unspecified atom stereocenters. The Kier molecular flexibility index (Phi) is 4.21. The fourth-order valence-electron chi connectivity index (χ4n) is 2.78. The van der Waals surface area contributed by atoms with Crippen LogP contribution >= 0.6 is 11.6 Å². The molecule has 1 aliphatic rings. The van der Waals surface area contributed by atoms with Crippen LogP contribution in [0.3, 0.4) is 0 Å². The van der Waals surface area contributed by atoms with E-state index in [2.05, 4.69) is 10.4 Å². The maximum Gasteiger partial charge on any atom is 0.345 e. The Hall–Kier alpha value is -2.15. The largest absolute Gasteiger partial charge is 0.349 e. The molecule has 0 radical (unpaired) electrons. The summed E-state index contributed by atoms with van der Waals surface area (Å²) in [6.07, 6.45) is 1.87. The average Bonchev–Trinajstić information content (AvgIpc) is 2.68. The van der Waals surface area contributed by atoms with E-state index in [9.17, 15) is 14.0 Å². The molecule has 0 saturated heterocycles. The summed E-state index contributed by atoms with van der Waals surface area (Å²) in [4.78, 5) is 24.2. The van der Waals surface area contributed by atoms with Crippen molar-refractivity contribution in [3.63, 3.8) is 0 Å². The minimum atomic E-state index is -0.510. The lowest BCUT2D eigenvalue weighted by Gasteiger charge is -2.16. The molecule has 1 aliphatic heterocycles. The molecule has 122 valence electrons. The van der Waals surface area contributed by atoms with Crippen molar-refractivity contribution in [1.29, 1.82) is 0 Å². The second kappa shape index (κ2) is 6.16. The van der Waals surface area contributed by atoms with E-state index in [1.54, 1.807) is 11.6 Å². The first-order valence-corrected chi connectivity index (χ1v) is 7.72. The van der Waals surface area contributed by atoms with Crippen molar-refractivity contribution in [2.24, 2.45) is 7.05 Å². The molecule has 0 spiro atoms. The van der Waals surface area contributed by atoms with Gasteiger partial charge in [-0.1, -0.05) is 11.6 Å². The number of nitrogens with one attached hydrogen (secondary N) is 1. The first-order valence-electron chi connectivity index (χ1n) is 7.34. The Labute approximate surface area is 136 Å². The number of halogens is 2. The van der Waals surface area contributed by atoms with E-state index in [4.69, 9.17) is 11.6 Å². The molecule has 1 N–H and O–H groups in total. The summed E-state index contributed by atoms with van der Waals surface area (Å²) in [6, 6.07) is 3.57. The Morgan fingerprint density at radius 3 is 3.00 bits per heavy atom. The van der Waals surface area contributed by atoms with Gasteiger partial charge in [0.05, 0.1) is 10.6 Å². The number of nitrogens with zero attached hydrogens (tertiary/aromatic N) is 3. The van der Waals surface area contributed by atoms with Gasteiger partial charge in [0.15, 0.2) is 0 Å². The van der Waals surface area contributed by atoms with E-state index in [1.165, 1.54) is 16.8 Å². The number of fused-ring (bicyclic) bond motifs is 1. The van der Waals surface area contributed by atoms with Gasteiger partial charge >= 0.3 is 5.69 Å². The second-order valence-electron chi connectivity index (χ2n) is 5.60. The molecule has 1 atom stereocenters. The molecule has 8 heteroatoms. The van der Waals surface area contributed by atoms with Crippen LogP contribution in [0.4, 0.5) is 4.39 Å². The van der Waals surface area contributed by atoms with Crippen LogP contribution in [0.15, 0.2) is 23.0 Å². The topological polar surface area (TPSA) is 68.9 Å². The lowest BCUT2D eigenvalue weighted by atomic mass is 10.1. The van der Waals surface area contributed by atoms with Gasteiger partial charge in [0, 0.05) is 26.1 Å². The molecule has 0 aliphatic carbocycles. The summed E-state index contributed by atoms with van der Waals surface area (Å²) in [5.74, 6) is -0.200. The van der Waals surface area contributed by atoms with Gasteiger partial charge in [-0.25, -0.2) is 13.9 Å². The molecule has 1 amide bonds. The first-order chi connectivity index (χ1) is 11.0. The van der Waals surface area contributed by atoms with Crippen LogP contribution in [0.5, 0.6) is 0 Å². The van der Waals surface area contributed by atoms with E-state index in [-0.39, 0.29) is 22.3 Å². The standard InChI is InChI=1S/C15H16ClFN4O2/c1-20-15(23)21-7-6-10(3-5-13(21)19-20)18-14(22)11-8-9(17)2-4-12(11)16/h2,4,8,10H,3,5-7H2,1H3,(H,18,22). The van der Waals surface area contributed by atoms with E-state index >= 15 is 0 Å². The molecule has 0 fully saturated rings. The molecule has 23 heavy (non-hydrogen) atoms. The molecule has 6 nitrogen and oxygen atoms in total. The molecule has 3 rings (SSSR count). The second-order valence-corrected chi connectivity index (χ2v) is 6.00. The zero-order chi connectivity index (χ0) is 16.6. The number of amides is 1. The Morgan fingerprint density at radius 2 is 2.22 bits per heavy atom. The van der Waals surface area contributed by atoms with Crippen LogP contribution in [0.25, 0.3) is 0 Å². The van der Waals surface area contributed by atoms with Gasteiger partial charge < -0.3 is 5.32 Å². The van der Waals surface area contributed by atoms with Gasteiger partial charge in [0.1, 0.15) is 11.6 Å². The number of hydrogen-bond acceptors (Lipinski definition) is 3. The third kappa shape index (κ3) is 3.14. The number of aromatic nitrogens is 3. The van der Waals surface area contributed by atoms with Gasteiger partial charge in [-0.2, -0.15) is 5.10 Å². The maximum atomic E-state index is 13.3. The van der Waals surface area contributed by atoms with Crippen LogP contribution in [0, 0.1) is 5.82 Å². The number of carbonyl (C=O) groups is 1. The highest BCUT2D eigenvalue weighted by Gasteiger charge is 2.22. The van der Waals surface area contributed by atoms with Gasteiger partial charge in [-0.15, -0.1) is 0 Å². The SMILES string of the molecule is Cn1nc2n(c1=O)CCC(NC(=O)c1cc(F)ccc1Cl)CC2.